The first kappa shape index (κ1) is 20.6. The minimum absolute atomic E-state index is 0.237. The van der Waals surface area contributed by atoms with Gasteiger partial charge in [0.25, 0.3) is 0 Å². The third kappa shape index (κ3) is 6.22. The van der Waals surface area contributed by atoms with Crippen molar-refractivity contribution in [3.8, 4) is 0 Å². The van der Waals surface area contributed by atoms with Crippen molar-refractivity contribution in [1.29, 1.82) is 0 Å². The first-order valence-electron chi connectivity index (χ1n) is 9.77. The van der Waals surface area contributed by atoms with Gasteiger partial charge in [-0.05, 0) is 60.8 Å². The molecule has 2 aromatic rings. The Morgan fingerprint density at radius 2 is 1.81 bits per heavy atom. The van der Waals surface area contributed by atoms with Gasteiger partial charge >= 0.3 is 0 Å². The lowest BCUT2D eigenvalue weighted by Gasteiger charge is -2.19. The van der Waals surface area contributed by atoms with E-state index in [2.05, 4.69) is 37.9 Å². The highest BCUT2D eigenvalue weighted by Gasteiger charge is 2.15. The molecule has 1 heterocycles. The maximum atomic E-state index is 9.97. The summed E-state index contributed by atoms with van der Waals surface area (Å²) in [4.78, 5) is 4.61. The molecule has 0 unspecified atom stereocenters. The molecule has 0 aliphatic rings. The average Bonchev–Trinajstić information content (AvgIpc) is 2.63. The van der Waals surface area contributed by atoms with E-state index in [1.54, 1.807) is 0 Å². The number of rotatable bonds is 10. The van der Waals surface area contributed by atoms with Gasteiger partial charge < -0.3 is 9.84 Å². The summed E-state index contributed by atoms with van der Waals surface area (Å²) in [5, 5.41) is 9.97. The molecule has 0 aliphatic carbocycles. The summed E-state index contributed by atoms with van der Waals surface area (Å²) in [7, 11) is 0. The van der Waals surface area contributed by atoms with Crippen molar-refractivity contribution in [2.45, 2.75) is 72.7 Å². The Kier molecular flexibility index (Phi) is 8.27. The van der Waals surface area contributed by atoms with Crippen LogP contribution < -0.4 is 0 Å². The zero-order valence-corrected chi connectivity index (χ0v) is 16.7. The Hall–Kier alpha value is -1.71. The van der Waals surface area contributed by atoms with Crippen molar-refractivity contribution in [1.82, 2.24) is 4.98 Å². The lowest BCUT2D eigenvalue weighted by atomic mass is 9.90. The second-order valence-corrected chi connectivity index (χ2v) is 7.50. The first-order valence-corrected chi connectivity index (χ1v) is 9.77. The van der Waals surface area contributed by atoms with Crippen molar-refractivity contribution >= 4 is 0 Å². The molecule has 0 fully saturated rings. The van der Waals surface area contributed by atoms with Crippen LogP contribution in [-0.2, 0) is 30.8 Å². The maximum absolute atomic E-state index is 9.97. The van der Waals surface area contributed by atoms with Gasteiger partial charge in [-0.3, -0.25) is 4.98 Å². The normalized spacial score (nSPS) is 12.5. The van der Waals surface area contributed by atoms with E-state index in [0.717, 1.165) is 31.4 Å². The monoisotopic (exact) mass is 355 g/mol. The molecule has 0 bridgehead atoms. The number of hydrogen-bond acceptors (Lipinski definition) is 3. The lowest BCUT2D eigenvalue weighted by Crippen LogP contribution is -2.12. The number of aryl methyl sites for hydroxylation is 1. The molecule has 0 amide bonds. The number of benzene rings is 1. The Balaban J connectivity index is 2.15. The summed E-state index contributed by atoms with van der Waals surface area (Å²) in [6, 6.07) is 10.3. The number of nitrogens with zero attached hydrogens (tertiary/aromatic N) is 1. The molecule has 3 heteroatoms. The third-order valence-electron chi connectivity index (χ3n) is 4.78. The molecule has 2 rings (SSSR count). The van der Waals surface area contributed by atoms with Crippen LogP contribution in [0.5, 0.6) is 0 Å². The molecular formula is C23H33NO2. The molecular weight excluding hydrogens is 322 g/mol. The van der Waals surface area contributed by atoms with E-state index in [-0.39, 0.29) is 6.10 Å². The van der Waals surface area contributed by atoms with Crippen LogP contribution in [0.1, 0.15) is 61.6 Å². The summed E-state index contributed by atoms with van der Waals surface area (Å²) in [5.74, 6) is 0.569. The van der Waals surface area contributed by atoms with E-state index >= 15 is 0 Å². The average molecular weight is 356 g/mol. The molecule has 1 aromatic heterocycles. The number of hydrogen-bond donors (Lipinski definition) is 1. The summed E-state index contributed by atoms with van der Waals surface area (Å²) >= 11 is 0. The zero-order chi connectivity index (χ0) is 18.9. The number of aliphatic hydroxyl groups excluding tert-OH is 1. The highest BCUT2D eigenvalue weighted by Crippen LogP contribution is 2.24. The van der Waals surface area contributed by atoms with Crippen molar-refractivity contribution < 1.29 is 9.84 Å². The standard InChI is InChI=1S/C23H33NO2/c1-5-21(25)11-12-22-18(4)24-14-20(23(22)13-17(2)3)16-26-15-19-9-7-6-8-10-19/h6-10,14,17,21,25H,5,11-13,15-16H2,1-4H3/t21-/m0/s1. The fourth-order valence-electron chi connectivity index (χ4n) is 3.23. The topological polar surface area (TPSA) is 42.4 Å². The molecule has 1 N–H and O–H groups in total. The smallest absolute Gasteiger partial charge is 0.0739 e. The van der Waals surface area contributed by atoms with Gasteiger partial charge in [0.15, 0.2) is 0 Å². The molecule has 1 atom stereocenters. The van der Waals surface area contributed by atoms with Gasteiger partial charge in [-0.1, -0.05) is 51.1 Å². The van der Waals surface area contributed by atoms with Crippen LogP contribution in [0.3, 0.4) is 0 Å². The largest absolute Gasteiger partial charge is 0.393 e. The highest BCUT2D eigenvalue weighted by molar-refractivity contribution is 5.36. The van der Waals surface area contributed by atoms with Crippen molar-refractivity contribution in [3.63, 3.8) is 0 Å². The first-order chi connectivity index (χ1) is 12.5. The van der Waals surface area contributed by atoms with Crippen LogP contribution in [0.25, 0.3) is 0 Å². The van der Waals surface area contributed by atoms with Gasteiger partial charge in [0, 0.05) is 11.9 Å². The van der Waals surface area contributed by atoms with Gasteiger partial charge in [0.2, 0.25) is 0 Å². The molecule has 0 aliphatic heterocycles. The summed E-state index contributed by atoms with van der Waals surface area (Å²) < 4.78 is 5.98. The molecule has 0 radical (unpaired) electrons. The van der Waals surface area contributed by atoms with Crippen molar-refractivity contribution in [2.75, 3.05) is 0 Å². The Morgan fingerprint density at radius 3 is 2.46 bits per heavy atom. The quantitative estimate of drug-likeness (QED) is 0.651. The Labute approximate surface area is 158 Å². The van der Waals surface area contributed by atoms with Gasteiger partial charge in [-0.25, -0.2) is 0 Å². The van der Waals surface area contributed by atoms with E-state index in [1.165, 1.54) is 22.3 Å². The molecule has 0 saturated heterocycles. The molecule has 3 nitrogen and oxygen atoms in total. The number of pyridine rings is 1. The summed E-state index contributed by atoms with van der Waals surface area (Å²) in [6.45, 7) is 9.78. The Morgan fingerprint density at radius 1 is 1.08 bits per heavy atom. The number of aliphatic hydroxyl groups is 1. The highest BCUT2D eigenvalue weighted by atomic mass is 16.5. The molecule has 0 spiro atoms. The molecule has 0 saturated carbocycles. The molecule has 142 valence electrons. The maximum Gasteiger partial charge on any atom is 0.0739 e. The second kappa shape index (κ2) is 10.4. The fraction of sp³-hybridized carbons (Fsp3) is 0.522. The van der Waals surface area contributed by atoms with E-state index in [9.17, 15) is 5.11 Å². The third-order valence-corrected chi connectivity index (χ3v) is 4.78. The summed E-state index contributed by atoms with van der Waals surface area (Å²) in [6.07, 6.45) is 5.22. The number of aromatic nitrogens is 1. The lowest BCUT2D eigenvalue weighted by molar-refractivity contribution is 0.106. The van der Waals surface area contributed by atoms with Crippen LogP contribution in [0.4, 0.5) is 0 Å². The second-order valence-electron chi connectivity index (χ2n) is 7.50. The van der Waals surface area contributed by atoms with E-state index in [4.69, 9.17) is 4.74 Å². The van der Waals surface area contributed by atoms with Gasteiger partial charge in [0.1, 0.15) is 0 Å². The predicted octanol–water partition coefficient (Wildman–Crippen LogP) is 5.01. The SMILES string of the molecule is CC[C@H](O)CCc1c(C)ncc(COCc2ccccc2)c1CC(C)C. The van der Waals surface area contributed by atoms with Crippen LogP contribution in [0.2, 0.25) is 0 Å². The molecule has 26 heavy (non-hydrogen) atoms. The molecule has 1 aromatic carbocycles. The van der Waals surface area contributed by atoms with E-state index in [1.807, 2.05) is 31.3 Å². The summed E-state index contributed by atoms with van der Waals surface area (Å²) in [5.41, 5.74) is 6.11. The fourth-order valence-corrected chi connectivity index (χ4v) is 3.23. The number of ether oxygens (including phenoxy) is 1. The van der Waals surface area contributed by atoms with Crippen molar-refractivity contribution in [2.24, 2.45) is 5.92 Å². The van der Waals surface area contributed by atoms with E-state index < -0.39 is 0 Å². The Bertz CT molecular complexity index is 667. The van der Waals surface area contributed by atoms with E-state index in [0.29, 0.717) is 19.1 Å². The van der Waals surface area contributed by atoms with Crippen LogP contribution in [0, 0.1) is 12.8 Å². The van der Waals surface area contributed by atoms with Gasteiger partial charge in [0.05, 0.1) is 19.3 Å². The van der Waals surface area contributed by atoms with Crippen molar-refractivity contribution in [3.05, 3.63) is 64.5 Å². The van der Waals surface area contributed by atoms with Crippen LogP contribution in [0.15, 0.2) is 36.5 Å². The van der Waals surface area contributed by atoms with Crippen LogP contribution >= 0.6 is 0 Å². The van der Waals surface area contributed by atoms with Gasteiger partial charge in [-0.15, -0.1) is 0 Å². The van der Waals surface area contributed by atoms with Gasteiger partial charge in [-0.2, -0.15) is 0 Å². The predicted molar refractivity (Wildman–Crippen MR) is 107 cm³/mol. The minimum atomic E-state index is -0.237. The van der Waals surface area contributed by atoms with Crippen LogP contribution in [-0.4, -0.2) is 16.2 Å². The zero-order valence-electron chi connectivity index (χ0n) is 16.7. The minimum Gasteiger partial charge on any atom is -0.393 e.